The zero-order valence-corrected chi connectivity index (χ0v) is 10.4. The minimum Gasteiger partial charge on any atom is -0.285 e. The Bertz CT molecular complexity index is 713. The van der Waals surface area contributed by atoms with Crippen LogP contribution in [-0.2, 0) is 0 Å². The van der Waals surface area contributed by atoms with E-state index in [-0.39, 0.29) is 4.87 Å². The van der Waals surface area contributed by atoms with Crippen molar-refractivity contribution in [2.45, 2.75) is 19.8 Å². The standard InChI is InChI=1S/C12H11N3OS/c1-7(2)8-3-4-15-10(5-8)13-6-9-11(15)14-12(16)17-9/h3-7H,1-2H3. The molecule has 0 radical (unpaired) electrons. The Labute approximate surface area is 102 Å². The highest BCUT2D eigenvalue weighted by atomic mass is 32.1. The number of hydrogen-bond acceptors (Lipinski definition) is 4. The van der Waals surface area contributed by atoms with Crippen molar-refractivity contribution in [2.75, 3.05) is 0 Å². The van der Waals surface area contributed by atoms with E-state index in [9.17, 15) is 4.79 Å². The van der Waals surface area contributed by atoms with E-state index in [0.29, 0.717) is 11.7 Å². The Hall–Kier alpha value is -1.75. The Kier molecular flexibility index (Phi) is 2.22. The lowest BCUT2D eigenvalue weighted by atomic mass is 10.1. The van der Waals surface area contributed by atoms with Crippen LogP contribution in [0.1, 0.15) is 25.3 Å². The number of hydrogen-bond donors (Lipinski definition) is 0. The van der Waals surface area contributed by atoms with Crippen LogP contribution in [0.2, 0.25) is 0 Å². The molecule has 0 N–H and O–H groups in total. The van der Waals surface area contributed by atoms with Gasteiger partial charge in [-0.25, -0.2) is 4.98 Å². The molecule has 86 valence electrons. The van der Waals surface area contributed by atoms with Gasteiger partial charge >= 0.3 is 4.87 Å². The Morgan fingerprint density at radius 1 is 1.41 bits per heavy atom. The third-order valence-electron chi connectivity index (χ3n) is 2.78. The number of aromatic nitrogens is 3. The maximum atomic E-state index is 11.3. The molecule has 1 aromatic rings. The number of fused-ring (bicyclic) bond motifs is 3. The molecule has 2 aliphatic rings. The third-order valence-corrected chi connectivity index (χ3v) is 3.56. The molecule has 0 fully saturated rings. The van der Waals surface area contributed by atoms with Crippen LogP contribution in [0.25, 0.3) is 16.3 Å². The summed E-state index contributed by atoms with van der Waals surface area (Å²) in [6, 6.07) is 4.08. The molecular weight excluding hydrogens is 234 g/mol. The zero-order valence-electron chi connectivity index (χ0n) is 9.54. The van der Waals surface area contributed by atoms with Gasteiger partial charge in [0.15, 0.2) is 5.82 Å². The van der Waals surface area contributed by atoms with Gasteiger partial charge in [0.1, 0.15) is 5.65 Å². The second-order valence-electron chi connectivity index (χ2n) is 4.27. The molecule has 0 saturated heterocycles. The summed E-state index contributed by atoms with van der Waals surface area (Å²) >= 11 is 1.13. The molecule has 0 aliphatic carbocycles. The zero-order chi connectivity index (χ0) is 12.0. The van der Waals surface area contributed by atoms with E-state index < -0.39 is 0 Å². The van der Waals surface area contributed by atoms with Crippen LogP contribution in [0.3, 0.4) is 0 Å². The predicted octanol–water partition coefficient (Wildman–Crippen LogP) is 2.38. The molecule has 1 aromatic heterocycles. The summed E-state index contributed by atoms with van der Waals surface area (Å²) in [5.41, 5.74) is 2.06. The molecule has 0 atom stereocenters. The summed E-state index contributed by atoms with van der Waals surface area (Å²) in [4.78, 5) is 20.3. The van der Waals surface area contributed by atoms with Gasteiger partial charge in [0.05, 0.1) is 11.1 Å². The van der Waals surface area contributed by atoms with Gasteiger partial charge in [0.2, 0.25) is 0 Å². The monoisotopic (exact) mass is 245 g/mol. The van der Waals surface area contributed by atoms with E-state index >= 15 is 0 Å². The Balaban J connectivity index is 2.36. The highest BCUT2D eigenvalue weighted by Gasteiger charge is 2.13. The molecule has 4 nitrogen and oxygen atoms in total. The van der Waals surface area contributed by atoms with E-state index in [0.717, 1.165) is 21.9 Å². The van der Waals surface area contributed by atoms with Crippen molar-refractivity contribution in [2.24, 2.45) is 0 Å². The molecule has 0 spiro atoms. The van der Waals surface area contributed by atoms with Crippen LogP contribution in [0, 0.1) is 0 Å². The van der Waals surface area contributed by atoms with E-state index in [2.05, 4.69) is 23.8 Å². The SMILES string of the molecule is CC(C)c1ccn2c3nc(=O)sc-3cnc2c1. The van der Waals surface area contributed by atoms with Crippen LogP contribution >= 0.6 is 11.3 Å². The van der Waals surface area contributed by atoms with Gasteiger partial charge in [0.25, 0.3) is 0 Å². The van der Waals surface area contributed by atoms with Crippen molar-refractivity contribution in [3.05, 3.63) is 39.8 Å². The lowest BCUT2D eigenvalue weighted by Crippen LogP contribution is -2.01. The largest absolute Gasteiger partial charge is 0.329 e. The summed E-state index contributed by atoms with van der Waals surface area (Å²) in [6.45, 7) is 4.28. The Morgan fingerprint density at radius 3 is 3.00 bits per heavy atom. The molecule has 3 rings (SSSR count). The summed E-state index contributed by atoms with van der Waals surface area (Å²) in [6.07, 6.45) is 3.65. The lowest BCUT2D eigenvalue weighted by Gasteiger charge is -2.09. The summed E-state index contributed by atoms with van der Waals surface area (Å²) in [5.74, 6) is 1.16. The first-order valence-electron chi connectivity index (χ1n) is 5.43. The van der Waals surface area contributed by atoms with E-state index in [1.807, 2.05) is 22.7 Å². The van der Waals surface area contributed by atoms with Crippen LogP contribution in [-0.4, -0.2) is 14.4 Å². The molecule has 0 aromatic carbocycles. The summed E-state index contributed by atoms with van der Waals surface area (Å²) < 4.78 is 1.86. The smallest absolute Gasteiger partial charge is 0.285 e. The maximum absolute atomic E-state index is 11.3. The minimum absolute atomic E-state index is 0.172. The molecule has 2 aliphatic heterocycles. The van der Waals surface area contributed by atoms with Gasteiger partial charge in [-0.2, -0.15) is 4.98 Å². The quantitative estimate of drug-likeness (QED) is 0.661. The van der Waals surface area contributed by atoms with Crippen molar-refractivity contribution in [1.29, 1.82) is 0 Å². The van der Waals surface area contributed by atoms with Crippen molar-refractivity contribution in [1.82, 2.24) is 14.4 Å². The highest BCUT2D eigenvalue weighted by molar-refractivity contribution is 7.12. The fourth-order valence-electron chi connectivity index (χ4n) is 1.83. The normalized spacial score (nSPS) is 11.7. The number of thiazole rings is 1. The van der Waals surface area contributed by atoms with E-state index in [4.69, 9.17) is 0 Å². The topological polar surface area (TPSA) is 47.3 Å². The van der Waals surface area contributed by atoms with Gasteiger partial charge in [-0.15, -0.1) is 0 Å². The molecule has 5 heteroatoms. The summed E-state index contributed by atoms with van der Waals surface area (Å²) in [5, 5.41) is 0. The van der Waals surface area contributed by atoms with E-state index in [1.54, 1.807) is 6.20 Å². The molecule has 0 amide bonds. The highest BCUT2D eigenvalue weighted by Crippen LogP contribution is 2.23. The van der Waals surface area contributed by atoms with Gasteiger partial charge in [-0.1, -0.05) is 25.2 Å². The van der Waals surface area contributed by atoms with Crippen molar-refractivity contribution in [3.8, 4) is 10.7 Å². The molecule has 17 heavy (non-hydrogen) atoms. The number of nitrogens with zero attached hydrogens (tertiary/aromatic N) is 3. The van der Waals surface area contributed by atoms with Crippen molar-refractivity contribution >= 4 is 17.0 Å². The van der Waals surface area contributed by atoms with E-state index in [1.165, 1.54) is 5.56 Å². The van der Waals surface area contributed by atoms with Crippen molar-refractivity contribution in [3.63, 3.8) is 0 Å². The molecule has 0 saturated carbocycles. The van der Waals surface area contributed by atoms with Crippen LogP contribution in [0.4, 0.5) is 0 Å². The van der Waals surface area contributed by atoms with Crippen LogP contribution in [0.5, 0.6) is 0 Å². The second kappa shape index (κ2) is 3.63. The summed E-state index contributed by atoms with van der Waals surface area (Å²) in [7, 11) is 0. The fourth-order valence-corrected chi connectivity index (χ4v) is 2.49. The first-order chi connectivity index (χ1) is 8.15. The Morgan fingerprint density at radius 2 is 2.24 bits per heavy atom. The predicted molar refractivity (Wildman–Crippen MR) is 67.8 cm³/mol. The van der Waals surface area contributed by atoms with Gasteiger partial charge in [-0.05, 0) is 23.6 Å². The van der Waals surface area contributed by atoms with Crippen LogP contribution in [0.15, 0.2) is 29.3 Å². The van der Waals surface area contributed by atoms with Gasteiger partial charge in [-0.3, -0.25) is 9.20 Å². The third kappa shape index (κ3) is 1.63. The first-order valence-corrected chi connectivity index (χ1v) is 6.24. The lowest BCUT2D eigenvalue weighted by molar-refractivity contribution is 0.860. The molecule has 0 bridgehead atoms. The number of rotatable bonds is 1. The average molecular weight is 245 g/mol. The van der Waals surface area contributed by atoms with Crippen LogP contribution < -0.4 is 4.87 Å². The fraction of sp³-hybridized carbons (Fsp3) is 0.250. The second-order valence-corrected chi connectivity index (χ2v) is 5.26. The molecule has 3 heterocycles. The van der Waals surface area contributed by atoms with Gasteiger partial charge < -0.3 is 0 Å². The van der Waals surface area contributed by atoms with Gasteiger partial charge in [0, 0.05) is 6.20 Å². The first kappa shape index (κ1) is 10.4. The van der Waals surface area contributed by atoms with Crippen molar-refractivity contribution < 1.29 is 0 Å². The number of pyridine rings is 1. The molecule has 0 unspecified atom stereocenters. The minimum atomic E-state index is -0.172. The molecular formula is C12H11N3OS. The maximum Gasteiger partial charge on any atom is 0.329 e. The average Bonchev–Trinajstić information content (AvgIpc) is 2.69.